The number of nitrogens with zero attached hydrogens (tertiary/aromatic N) is 2. The number of amides is 1. The van der Waals surface area contributed by atoms with E-state index in [2.05, 4.69) is 59.0 Å². The number of nitrogens with two attached hydrogens (primary N) is 1. The Bertz CT molecular complexity index is 2130. The summed E-state index contributed by atoms with van der Waals surface area (Å²) in [4.78, 5) is 51.5. The SMILES string of the molecule is CC(C)(C)[C@H](CC(=O)O)c1ccccc1.CCCC(=O)c1ccc(C[C@@H](CN)N(C)C)cc1F.CCCC(=O)c1ccc(C[C@@H](CNC(=O)CC(c2ccccc2)C(C)(C)C)N(C)C)cc1F. The lowest BCUT2D eigenvalue weighted by Gasteiger charge is -2.31. The minimum Gasteiger partial charge on any atom is -0.481 e. The number of carbonyl (C=O) groups is 4. The number of halogens is 2. The van der Waals surface area contributed by atoms with Gasteiger partial charge in [-0.2, -0.15) is 0 Å². The zero-order chi connectivity index (χ0) is 50.5. The lowest BCUT2D eigenvalue weighted by molar-refractivity contribution is -0.138. The fourth-order valence-electron chi connectivity index (χ4n) is 7.89. The minimum absolute atomic E-state index is 0.00959. The largest absolute Gasteiger partial charge is 0.481 e. The van der Waals surface area contributed by atoms with Crippen LogP contribution in [0, 0.1) is 22.5 Å². The van der Waals surface area contributed by atoms with Crippen molar-refractivity contribution in [2.75, 3.05) is 41.3 Å². The molecule has 4 atom stereocenters. The fourth-order valence-corrected chi connectivity index (χ4v) is 7.89. The van der Waals surface area contributed by atoms with Crippen LogP contribution in [0.15, 0.2) is 97.1 Å². The maximum Gasteiger partial charge on any atom is 0.303 e. The van der Waals surface area contributed by atoms with Gasteiger partial charge in [0.2, 0.25) is 5.91 Å². The summed E-state index contributed by atoms with van der Waals surface area (Å²) in [5.41, 5.74) is 9.91. The lowest BCUT2D eigenvalue weighted by Crippen LogP contribution is -2.42. The van der Waals surface area contributed by atoms with Crippen molar-refractivity contribution in [1.29, 1.82) is 0 Å². The van der Waals surface area contributed by atoms with Crippen LogP contribution in [-0.2, 0) is 22.4 Å². The molecule has 0 bridgehead atoms. The normalized spacial score (nSPS) is 13.3. The summed E-state index contributed by atoms with van der Waals surface area (Å²) in [7, 11) is 7.81. The highest BCUT2D eigenvalue weighted by atomic mass is 19.1. The molecule has 1 amide bonds. The number of hydrogen-bond donors (Lipinski definition) is 3. The number of hydrogen-bond acceptors (Lipinski definition) is 7. The molecule has 0 aliphatic heterocycles. The van der Waals surface area contributed by atoms with Gasteiger partial charge in [-0.25, -0.2) is 8.78 Å². The zero-order valence-electron chi connectivity index (χ0n) is 42.4. The molecule has 0 aromatic heterocycles. The van der Waals surface area contributed by atoms with E-state index < -0.39 is 17.6 Å². The summed E-state index contributed by atoms with van der Waals surface area (Å²) in [5.74, 6) is -1.74. The quantitative estimate of drug-likeness (QED) is 0.0704. The molecule has 4 N–H and O–H groups in total. The standard InChI is InChI=1S/C28H39FN2O2.C15H23FN2O.C13H18O2/c1-7-11-26(32)23-15-14-20(17-25(23)29)16-22(31(5)6)19-30-27(33)18-24(28(2,3)4)21-12-9-8-10-13-21;1-4-5-15(19)13-7-6-11(9-14(13)16)8-12(10-17)18(2)3;1-13(2,3)11(9-12(14)15)10-7-5-4-6-8-10/h8-10,12-15,17,22,24H,7,11,16,18-19H2,1-6H3,(H,30,33);6-7,9,12H,4-5,8,10,17H2,1-3H3;4-8,11H,9H2,1-3H3,(H,14,15)/t22-,24?;12-;11-/m001/s1. The Morgan fingerprint density at radius 2 is 1.00 bits per heavy atom. The van der Waals surface area contributed by atoms with Crippen LogP contribution in [0.2, 0.25) is 0 Å². The maximum absolute atomic E-state index is 14.5. The van der Waals surface area contributed by atoms with E-state index >= 15 is 0 Å². The molecule has 0 aliphatic carbocycles. The van der Waals surface area contributed by atoms with E-state index in [0.29, 0.717) is 51.6 Å². The number of ketones is 2. The molecule has 0 spiro atoms. The van der Waals surface area contributed by atoms with Crippen molar-refractivity contribution in [2.24, 2.45) is 16.6 Å². The van der Waals surface area contributed by atoms with Gasteiger partial charge in [-0.1, -0.05) is 128 Å². The molecule has 11 heteroatoms. The summed E-state index contributed by atoms with van der Waals surface area (Å²) in [6, 6.07) is 29.9. The summed E-state index contributed by atoms with van der Waals surface area (Å²) >= 11 is 0. The first-order valence-electron chi connectivity index (χ1n) is 23.7. The third-order valence-electron chi connectivity index (χ3n) is 12.1. The molecule has 4 rings (SSSR count). The Balaban J connectivity index is 0.000000382. The van der Waals surface area contributed by atoms with Crippen LogP contribution in [-0.4, -0.2) is 91.7 Å². The molecule has 4 aromatic rings. The summed E-state index contributed by atoms with van der Waals surface area (Å²) in [5, 5.41) is 12.0. The molecule has 9 nitrogen and oxygen atoms in total. The topological polar surface area (TPSA) is 133 Å². The average Bonchev–Trinajstić information content (AvgIpc) is 3.25. The van der Waals surface area contributed by atoms with Crippen molar-refractivity contribution in [3.63, 3.8) is 0 Å². The predicted molar refractivity (Wildman–Crippen MR) is 270 cm³/mol. The highest BCUT2D eigenvalue weighted by molar-refractivity contribution is 5.96. The number of carbonyl (C=O) groups excluding carboxylic acids is 3. The van der Waals surface area contributed by atoms with Gasteiger partial charge in [0.1, 0.15) is 11.6 Å². The van der Waals surface area contributed by atoms with E-state index in [1.807, 2.05) is 113 Å². The van der Waals surface area contributed by atoms with E-state index in [4.69, 9.17) is 10.8 Å². The van der Waals surface area contributed by atoms with Crippen LogP contribution in [0.3, 0.4) is 0 Å². The Labute approximate surface area is 400 Å². The monoisotopic (exact) mass is 927 g/mol. The minimum atomic E-state index is -0.737. The van der Waals surface area contributed by atoms with E-state index in [0.717, 1.165) is 28.7 Å². The third kappa shape index (κ3) is 20.3. The van der Waals surface area contributed by atoms with Crippen LogP contribution in [0.5, 0.6) is 0 Å². The van der Waals surface area contributed by atoms with Crippen LogP contribution in [0.1, 0.15) is 149 Å². The van der Waals surface area contributed by atoms with E-state index in [1.54, 1.807) is 12.1 Å². The van der Waals surface area contributed by atoms with Gasteiger partial charge in [0.05, 0.1) is 17.5 Å². The van der Waals surface area contributed by atoms with Crippen LogP contribution >= 0.6 is 0 Å². The summed E-state index contributed by atoms with van der Waals surface area (Å²) < 4.78 is 28.4. The van der Waals surface area contributed by atoms with Gasteiger partial charge < -0.3 is 26.0 Å². The van der Waals surface area contributed by atoms with Crippen molar-refractivity contribution < 1.29 is 33.1 Å². The Morgan fingerprint density at radius 1 is 0.612 bits per heavy atom. The number of nitrogens with one attached hydrogen (secondary N) is 1. The number of rotatable bonds is 21. The second kappa shape index (κ2) is 28.3. The first-order valence-corrected chi connectivity index (χ1v) is 23.7. The molecule has 1 unspecified atom stereocenters. The van der Waals surface area contributed by atoms with Crippen molar-refractivity contribution in [1.82, 2.24) is 15.1 Å². The lowest BCUT2D eigenvalue weighted by atomic mass is 9.74. The van der Waals surface area contributed by atoms with Gasteiger partial charge >= 0.3 is 5.97 Å². The van der Waals surface area contributed by atoms with Gasteiger partial charge in [0.15, 0.2) is 11.6 Å². The molecule has 0 radical (unpaired) electrons. The number of likely N-dealkylation sites (N-methyl/N-ethyl adjacent to an activating group) is 2. The zero-order valence-corrected chi connectivity index (χ0v) is 42.4. The van der Waals surface area contributed by atoms with Crippen molar-refractivity contribution in [3.8, 4) is 0 Å². The highest BCUT2D eigenvalue weighted by Crippen LogP contribution is 2.38. The molecule has 0 heterocycles. The Hall–Kier alpha value is -5.10. The summed E-state index contributed by atoms with van der Waals surface area (Å²) in [6.07, 6.45) is 4.03. The molecule has 368 valence electrons. The van der Waals surface area contributed by atoms with Crippen LogP contribution in [0.25, 0.3) is 0 Å². The molecule has 67 heavy (non-hydrogen) atoms. The van der Waals surface area contributed by atoms with Crippen LogP contribution < -0.4 is 11.1 Å². The predicted octanol–water partition coefficient (Wildman–Crippen LogP) is 11.1. The molecular weight excluding hydrogens is 847 g/mol. The Kier molecular flexibility index (Phi) is 24.5. The van der Waals surface area contributed by atoms with Crippen molar-refractivity contribution in [2.45, 2.75) is 131 Å². The smallest absolute Gasteiger partial charge is 0.303 e. The second-order valence-corrected chi connectivity index (χ2v) is 20.1. The van der Waals surface area contributed by atoms with Crippen molar-refractivity contribution >= 4 is 23.4 Å². The molecule has 0 fully saturated rings. The number of aliphatic carboxylic acids is 1. The van der Waals surface area contributed by atoms with Gasteiger partial charge in [-0.3, -0.25) is 19.2 Å². The number of benzene rings is 4. The summed E-state index contributed by atoms with van der Waals surface area (Å²) in [6.45, 7) is 17.5. The fraction of sp³-hybridized carbons (Fsp3) is 0.500. The molecule has 0 saturated heterocycles. The second-order valence-electron chi connectivity index (χ2n) is 20.1. The van der Waals surface area contributed by atoms with Gasteiger partial charge in [-0.05, 0) is 123 Å². The Morgan fingerprint density at radius 3 is 1.33 bits per heavy atom. The third-order valence-corrected chi connectivity index (χ3v) is 12.1. The first kappa shape index (κ1) is 58.0. The van der Waals surface area contributed by atoms with Gasteiger partial charge in [0, 0.05) is 44.4 Å². The van der Waals surface area contributed by atoms with Gasteiger partial charge in [0.25, 0.3) is 0 Å². The molecule has 0 saturated carbocycles. The number of carboxylic acid groups (broad SMARTS) is 1. The van der Waals surface area contributed by atoms with Gasteiger partial charge in [-0.15, -0.1) is 0 Å². The van der Waals surface area contributed by atoms with E-state index in [9.17, 15) is 28.0 Å². The molecule has 0 aliphatic rings. The molecule has 4 aromatic carbocycles. The number of carboxylic acids is 1. The first-order chi connectivity index (χ1) is 31.4. The highest BCUT2D eigenvalue weighted by Gasteiger charge is 2.30. The maximum atomic E-state index is 14.5. The molecular formula is C56H80F2N4O5. The van der Waals surface area contributed by atoms with Crippen molar-refractivity contribution in [3.05, 3.63) is 142 Å². The number of Topliss-reactive ketones (excluding diaryl/α,β-unsaturated/α-hetero) is 2. The average molecular weight is 927 g/mol. The van der Waals surface area contributed by atoms with E-state index in [1.165, 1.54) is 12.1 Å². The van der Waals surface area contributed by atoms with E-state index in [-0.39, 0.29) is 69.8 Å². The van der Waals surface area contributed by atoms with Crippen LogP contribution in [0.4, 0.5) is 8.78 Å².